The Hall–Kier alpha value is -1.83. The largest absolute Gasteiger partial charge is 0.462 e. The zero-order chi connectivity index (χ0) is 37.1. The second-order valence-corrected chi connectivity index (χ2v) is 18.4. The lowest BCUT2D eigenvalue weighted by atomic mass is 9.45. The summed E-state index contributed by atoms with van der Waals surface area (Å²) in [6, 6.07) is 0. The van der Waals surface area contributed by atoms with Gasteiger partial charge in [0.2, 0.25) is 0 Å². The number of unbranched alkanes of at least 4 members (excludes halogenated alkanes) is 5. The molecule has 0 aromatic carbocycles. The Labute approximate surface area is 316 Å². The predicted molar refractivity (Wildman–Crippen MR) is 221 cm³/mol. The van der Waals surface area contributed by atoms with Gasteiger partial charge in [0.15, 0.2) is 0 Å². The third-order valence-corrected chi connectivity index (χ3v) is 15.4. The molecule has 2 heteroatoms. The first-order chi connectivity index (χ1) is 24.4. The molecule has 4 aliphatic carbocycles. The standard InChI is InChI=1S/C49H80O2/c1-10-12-13-14-15-16-17-18-19-20-21-22-23-24-25-26-46(50)51-45-33-34-47(7)42(39(45)6)29-30-44-43(47)32-36-48(8)41(31-35-49(44,48)9)38(5)27-28-40(11-2)37(3)4/h12-13,15-16,18-19,38-39,41-42,45H,10-11,14,17,20-36H2,1-9H3/b13-12-,16-15-,19-18-/t38-,39+,41-,42+,45+,47+,48-,49+/m1/s1. The molecule has 51 heavy (non-hydrogen) atoms. The molecule has 0 spiro atoms. The van der Waals surface area contributed by atoms with Crippen molar-refractivity contribution in [3.05, 3.63) is 58.7 Å². The number of hydrogen-bond donors (Lipinski definition) is 0. The normalized spacial score (nSPS) is 32.7. The molecule has 0 N–H and O–H groups in total. The Bertz CT molecular complexity index is 1270. The molecule has 288 valence electrons. The van der Waals surface area contributed by atoms with Crippen LogP contribution in [0.3, 0.4) is 0 Å². The van der Waals surface area contributed by atoms with Crippen LogP contribution < -0.4 is 0 Å². The number of carbonyl (C=O) groups excluding carboxylic acids is 1. The summed E-state index contributed by atoms with van der Waals surface area (Å²) >= 11 is 0. The Kier molecular flexibility index (Phi) is 16.0. The van der Waals surface area contributed by atoms with Gasteiger partial charge in [0.25, 0.3) is 0 Å². The minimum atomic E-state index is 0.0510. The van der Waals surface area contributed by atoms with Gasteiger partial charge in [-0.05, 0) is 163 Å². The van der Waals surface area contributed by atoms with E-state index in [1.54, 1.807) is 11.1 Å². The zero-order valence-electron chi connectivity index (χ0n) is 35.0. The van der Waals surface area contributed by atoms with Crippen molar-refractivity contribution >= 4 is 5.97 Å². The lowest BCUT2D eigenvalue weighted by molar-refractivity contribution is -0.158. The lowest BCUT2D eigenvalue weighted by Crippen LogP contribution is -2.52. The fourth-order valence-electron chi connectivity index (χ4n) is 11.9. The highest BCUT2D eigenvalue weighted by Gasteiger charge is 2.62. The summed E-state index contributed by atoms with van der Waals surface area (Å²) in [5.74, 6) is 2.76. The average molecular weight is 701 g/mol. The lowest BCUT2D eigenvalue weighted by Gasteiger charge is -2.60. The summed E-state index contributed by atoms with van der Waals surface area (Å²) < 4.78 is 6.28. The SMILES string of the molecule is CC/C=C\C/C=C\C/C=C\CCCCCCCC(=O)O[C@H]1CC[C@]2(C)C3=C(CC[C@H]2[C@@H]1C)[C@]1(C)CC[C@H]([C@H](C)CCC(CC)=C(C)C)[C@@]1(C)CC3. The number of ether oxygens (including phenoxy) is 1. The second-order valence-electron chi connectivity index (χ2n) is 18.4. The Morgan fingerprint density at radius 2 is 1.49 bits per heavy atom. The summed E-state index contributed by atoms with van der Waals surface area (Å²) in [4.78, 5) is 13.0. The predicted octanol–water partition coefficient (Wildman–Crippen LogP) is 15.0. The van der Waals surface area contributed by atoms with Gasteiger partial charge < -0.3 is 4.74 Å². The molecular weight excluding hydrogens is 621 g/mol. The first kappa shape index (κ1) is 41.9. The van der Waals surface area contributed by atoms with E-state index in [4.69, 9.17) is 4.74 Å². The molecule has 0 unspecified atom stereocenters. The van der Waals surface area contributed by atoms with Crippen LogP contribution in [0, 0.1) is 39.9 Å². The fourth-order valence-corrected chi connectivity index (χ4v) is 11.9. The van der Waals surface area contributed by atoms with Gasteiger partial charge in [-0.3, -0.25) is 4.79 Å². The summed E-state index contributed by atoms with van der Waals surface area (Å²) in [6.07, 6.45) is 38.5. The van der Waals surface area contributed by atoms with E-state index in [1.165, 1.54) is 89.9 Å². The van der Waals surface area contributed by atoms with Crippen molar-refractivity contribution in [1.29, 1.82) is 0 Å². The Balaban J connectivity index is 1.22. The molecule has 0 heterocycles. The van der Waals surface area contributed by atoms with Gasteiger partial charge in [-0.15, -0.1) is 0 Å². The summed E-state index contributed by atoms with van der Waals surface area (Å²) in [6.45, 7) is 22.1. The quantitative estimate of drug-likeness (QED) is 0.0762. The molecule has 8 atom stereocenters. The molecule has 0 radical (unpaired) electrons. The van der Waals surface area contributed by atoms with Gasteiger partial charge in [-0.25, -0.2) is 0 Å². The van der Waals surface area contributed by atoms with Crippen LogP contribution in [-0.2, 0) is 9.53 Å². The Morgan fingerprint density at radius 3 is 2.20 bits per heavy atom. The van der Waals surface area contributed by atoms with Gasteiger partial charge in [-0.1, -0.05) is 126 Å². The van der Waals surface area contributed by atoms with Crippen LogP contribution in [0.5, 0.6) is 0 Å². The molecule has 0 aliphatic heterocycles. The number of rotatable bonds is 19. The minimum absolute atomic E-state index is 0.0510. The maximum Gasteiger partial charge on any atom is 0.306 e. The molecule has 2 saturated carbocycles. The van der Waals surface area contributed by atoms with E-state index >= 15 is 0 Å². The highest BCUT2D eigenvalue weighted by Crippen LogP contribution is 2.71. The number of allylic oxidation sites excluding steroid dienone is 10. The minimum Gasteiger partial charge on any atom is -0.462 e. The summed E-state index contributed by atoms with van der Waals surface area (Å²) in [5, 5.41) is 0. The van der Waals surface area contributed by atoms with Crippen LogP contribution in [-0.4, -0.2) is 12.1 Å². The molecule has 2 nitrogen and oxygen atoms in total. The second kappa shape index (κ2) is 19.5. The average Bonchev–Trinajstić information content (AvgIpc) is 3.38. The first-order valence-electron chi connectivity index (χ1n) is 22.0. The summed E-state index contributed by atoms with van der Waals surface area (Å²) in [7, 11) is 0. The highest BCUT2D eigenvalue weighted by atomic mass is 16.5. The van der Waals surface area contributed by atoms with Crippen molar-refractivity contribution in [2.45, 2.75) is 203 Å². The van der Waals surface area contributed by atoms with Crippen LogP contribution in [0.4, 0.5) is 0 Å². The van der Waals surface area contributed by atoms with Crippen LogP contribution >= 0.6 is 0 Å². The number of hydrogen-bond acceptors (Lipinski definition) is 2. The fraction of sp³-hybridized carbons (Fsp3) is 0.776. The molecule has 0 saturated heterocycles. The molecular formula is C49H80O2. The molecule has 0 aromatic heterocycles. The summed E-state index contributed by atoms with van der Waals surface area (Å²) in [5.41, 5.74) is 8.01. The highest BCUT2D eigenvalue weighted by molar-refractivity contribution is 5.69. The van der Waals surface area contributed by atoms with Gasteiger partial charge >= 0.3 is 5.97 Å². The molecule has 0 amide bonds. The van der Waals surface area contributed by atoms with Crippen molar-refractivity contribution in [2.75, 3.05) is 0 Å². The van der Waals surface area contributed by atoms with Crippen LogP contribution in [0.15, 0.2) is 58.7 Å². The van der Waals surface area contributed by atoms with Gasteiger partial charge in [0, 0.05) is 6.42 Å². The number of fused-ring (bicyclic) bond motifs is 4. The monoisotopic (exact) mass is 701 g/mol. The molecule has 0 aromatic rings. The number of esters is 1. The van der Waals surface area contributed by atoms with Crippen molar-refractivity contribution in [3.8, 4) is 0 Å². The van der Waals surface area contributed by atoms with E-state index in [1.807, 2.05) is 11.1 Å². The molecule has 2 fully saturated rings. The topological polar surface area (TPSA) is 26.3 Å². The molecule has 4 aliphatic rings. The third kappa shape index (κ3) is 9.84. The van der Waals surface area contributed by atoms with E-state index in [2.05, 4.69) is 98.8 Å². The van der Waals surface area contributed by atoms with Gasteiger partial charge in [0.1, 0.15) is 6.10 Å². The van der Waals surface area contributed by atoms with E-state index in [9.17, 15) is 4.79 Å². The maximum atomic E-state index is 13.0. The third-order valence-electron chi connectivity index (χ3n) is 15.4. The van der Waals surface area contributed by atoms with Crippen LogP contribution in [0.25, 0.3) is 0 Å². The van der Waals surface area contributed by atoms with Gasteiger partial charge in [-0.2, -0.15) is 0 Å². The van der Waals surface area contributed by atoms with Crippen molar-refractivity contribution in [1.82, 2.24) is 0 Å². The van der Waals surface area contributed by atoms with E-state index in [-0.39, 0.29) is 17.5 Å². The Morgan fingerprint density at radius 1 is 0.804 bits per heavy atom. The molecule has 4 rings (SSSR count). The van der Waals surface area contributed by atoms with E-state index < -0.39 is 0 Å². The van der Waals surface area contributed by atoms with E-state index in [0.29, 0.717) is 29.1 Å². The van der Waals surface area contributed by atoms with E-state index in [0.717, 1.165) is 50.4 Å². The van der Waals surface area contributed by atoms with Crippen LogP contribution in [0.1, 0.15) is 197 Å². The van der Waals surface area contributed by atoms with Gasteiger partial charge in [0.05, 0.1) is 0 Å². The van der Waals surface area contributed by atoms with Crippen LogP contribution in [0.2, 0.25) is 0 Å². The van der Waals surface area contributed by atoms with Crippen molar-refractivity contribution in [2.24, 2.45) is 39.9 Å². The number of carbonyl (C=O) groups is 1. The first-order valence-corrected chi connectivity index (χ1v) is 22.0. The zero-order valence-corrected chi connectivity index (χ0v) is 35.0. The smallest absolute Gasteiger partial charge is 0.306 e. The van der Waals surface area contributed by atoms with Crippen molar-refractivity contribution < 1.29 is 9.53 Å². The maximum absolute atomic E-state index is 13.0. The molecule has 0 bridgehead atoms. The van der Waals surface area contributed by atoms with Crippen molar-refractivity contribution in [3.63, 3.8) is 0 Å².